The van der Waals surface area contributed by atoms with Crippen molar-refractivity contribution in [1.82, 2.24) is 5.32 Å². The van der Waals surface area contributed by atoms with Gasteiger partial charge in [0.2, 0.25) is 0 Å². The second kappa shape index (κ2) is 8.52. The summed E-state index contributed by atoms with van der Waals surface area (Å²) in [5.74, 6) is 0.583. The Labute approximate surface area is 129 Å². The van der Waals surface area contributed by atoms with Gasteiger partial charge in [-0.2, -0.15) is 0 Å². The van der Waals surface area contributed by atoms with Crippen molar-refractivity contribution in [3.63, 3.8) is 0 Å². The Morgan fingerprint density at radius 2 is 2.05 bits per heavy atom. The maximum absolute atomic E-state index is 5.88. The number of hydrogen-bond acceptors (Lipinski definition) is 3. The third kappa shape index (κ3) is 4.29. The van der Waals surface area contributed by atoms with E-state index in [2.05, 4.69) is 43.4 Å². The third-order valence-corrected chi connectivity index (χ3v) is 4.45. The Balaban J connectivity index is 2.10. The van der Waals surface area contributed by atoms with E-state index in [1.54, 1.807) is 7.11 Å². The van der Waals surface area contributed by atoms with Crippen molar-refractivity contribution in [1.29, 1.82) is 0 Å². The topological polar surface area (TPSA) is 30.5 Å². The fraction of sp³-hybridized carbons (Fsp3) is 0.667. The highest BCUT2D eigenvalue weighted by Crippen LogP contribution is 2.34. The van der Waals surface area contributed by atoms with Crippen LogP contribution >= 0.6 is 0 Å². The van der Waals surface area contributed by atoms with E-state index in [-0.39, 0.29) is 0 Å². The highest BCUT2D eigenvalue weighted by Gasteiger charge is 2.33. The van der Waals surface area contributed by atoms with Crippen LogP contribution in [0.5, 0.6) is 0 Å². The molecule has 0 bridgehead atoms. The minimum Gasteiger partial charge on any atom is -0.384 e. The van der Waals surface area contributed by atoms with Crippen LogP contribution in [0.2, 0.25) is 0 Å². The summed E-state index contributed by atoms with van der Waals surface area (Å²) in [6.45, 7) is 7.07. The molecule has 3 atom stereocenters. The van der Waals surface area contributed by atoms with Crippen molar-refractivity contribution >= 4 is 0 Å². The van der Waals surface area contributed by atoms with Gasteiger partial charge in [-0.3, -0.25) is 0 Å². The number of benzene rings is 1. The van der Waals surface area contributed by atoms with E-state index in [4.69, 9.17) is 9.47 Å². The fourth-order valence-corrected chi connectivity index (χ4v) is 3.31. The molecule has 1 saturated heterocycles. The molecular formula is C18H29NO2. The highest BCUT2D eigenvalue weighted by atomic mass is 16.5. The van der Waals surface area contributed by atoms with E-state index >= 15 is 0 Å². The molecule has 0 aliphatic carbocycles. The first-order valence-corrected chi connectivity index (χ1v) is 8.22. The number of methoxy groups -OCH3 is 1. The van der Waals surface area contributed by atoms with Gasteiger partial charge < -0.3 is 14.8 Å². The molecule has 0 aromatic heterocycles. The van der Waals surface area contributed by atoms with Gasteiger partial charge in [-0.25, -0.2) is 0 Å². The molecule has 1 aliphatic heterocycles. The molecule has 21 heavy (non-hydrogen) atoms. The standard InChI is InChI=1S/C18H29NO2/c1-4-17-16(11-13-21-17)18(19-5-2)15-8-6-14(7-9-15)10-12-20-3/h6-9,16-19H,4-5,10-13H2,1-3H3. The second-order valence-electron chi connectivity index (χ2n) is 5.79. The smallest absolute Gasteiger partial charge is 0.0619 e. The van der Waals surface area contributed by atoms with E-state index in [1.807, 2.05) is 0 Å². The van der Waals surface area contributed by atoms with Gasteiger partial charge in [-0.15, -0.1) is 0 Å². The minimum atomic E-state index is 0.391. The minimum absolute atomic E-state index is 0.391. The summed E-state index contributed by atoms with van der Waals surface area (Å²) in [6, 6.07) is 9.40. The SMILES string of the molecule is CCNC(c1ccc(CCOC)cc1)C1CCOC1CC. The Hall–Kier alpha value is -0.900. The van der Waals surface area contributed by atoms with Gasteiger partial charge >= 0.3 is 0 Å². The number of ether oxygens (including phenoxy) is 2. The summed E-state index contributed by atoms with van der Waals surface area (Å²) in [4.78, 5) is 0. The van der Waals surface area contributed by atoms with Crippen LogP contribution in [-0.4, -0.2) is 33.0 Å². The lowest BCUT2D eigenvalue weighted by atomic mass is 9.86. The fourth-order valence-electron chi connectivity index (χ4n) is 3.31. The van der Waals surface area contributed by atoms with Gasteiger partial charge in [0.15, 0.2) is 0 Å². The lowest BCUT2D eigenvalue weighted by Gasteiger charge is -2.28. The predicted molar refractivity (Wildman–Crippen MR) is 86.6 cm³/mol. The molecule has 1 aliphatic rings. The van der Waals surface area contributed by atoms with Crippen molar-refractivity contribution in [2.45, 2.75) is 45.3 Å². The van der Waals surface area contributed by atoms with Gasteiger partial charge in [0.25, 0.3) is 0 Å². The molecule has 0 saturated carbocycles. The molecule has 3 heteroatoms. The maximum Gasteiger partial charge on any atom is 0.0619 e. The van der Waals surface area contributed by atoms with Crippen LogP contribution in [-0.2, 0) is 15.9 Å². The molecule has 2 rings (SSSR count). The van der Waals surface area contributed by atoms with Gasteiger partial charge in [-0.05, 0) is 36.9 Å². The summed E-state index contributed by atoms with van der Waals surface area (Å²) in [7, 11) is 1.75. The Bertz CT molecular complexity index is 404. The van der Waals surface area contributed by atoms with E-state index < -0.39 is 0 Å². The molecule has 3 nitrogen and oxygen atoms in total. The van der Waals surface area contributed by atoms with Crippen LogP contribution in [0, 0.1) is 5.92 Å². The molecule has 1 heterocycles. The summed E-state index contributed by atoms with van der Waals surface area (Å²) in [5.41, 5.74) is 2.72. The molecule has 118 valence electrons. The Morgan fingerprint density at radius 1 is 1.29 bits per heavy atom. The molecule has 0 spiro atoms. The largest absolute Gasteiger partial charge is 0.384 e. The van der Waals surface area contributed by atoms with Crippen LogP contribution in [0.3, 0.4) is 0 Å². The van der Waals surface area contributed by atoms with Crippen molar-refractivity contribution in [2.24, 2.45) is 5.92 Å². The molecule has 1 aromatic rings. The summed E-state index contributed by atoms with van der Waals surface area (Å²) in [6.07, 6.45) is 3.62. The van der Waals surface area contributed by atoms with Crippen molar-refractivity contribution in [3.05, 3.63) is 35.4 Å². The third-order valence-electron chi connectivity index (χ3n) is 4.45. The first-order chi connectivity index (χ1) is 10.3. The zero-order chi connectivity index (χ0) is 15.1. The normalized spacial score (nSPS) is 23.4. The molecule has 0 amide bonds. The van der Waals surface area contributed by atoms with Crippen molar-refractivity contribution < 1.29 is 9.47 Å². The number of rotatable bonds is 8. The van der Waals surface area contributed by atoms with Gasteiger partial charge in [-0.1, -0.05) is 38.1 Å². The van der Waals surface area contributed by atoms with Crippen molar-refractivity contribution in [2.75, 3.05) is 26.9 Å². The number of hydrogen-bond donors (Lipinski definition) is 1. The molecule has 1 fully saturated rings. The van der Waals surface area contributed by atoms with Crippen LogP contribution in [0.4, 0.5) is 0 Å². The van der Waals surface area contributed by atoms with Crippen LogP contribution in [0.1, 0.15) is 43.9 Å². The zero-order valence-electron chi connectivity index (χ0n) is 13.6. The summed E-state index contributed by atoms with van der Waals surface area (Å²) < 4.78 is 11.0. The molecule has 3 unspecified atom stereocenters. The van der Waals surface area contributed by atoms with E-state index in [0.717, 1.165) is 39.0 Å². The maximum atomic E-state index is 5.88. The van der Waals surface area contributed by atoms with Gasteiger partial charge in [0, 0.05) is 25.7 Å². The molecular weight excluding hydrogens is 262 g/mol. The van der Waals surface area contributed by atoms with Crippen LogP contribution in [0.15, 0.2) is 24.3 Å². The summed E-state index contributed by atoms with van der Waals surface area (Å²) in [5, 5.41) is 3.66. The Kier molecular flexibility index (Phi) is 6.68. The van der Waals surface area contributed by atoms with Gasteiger partial charge in [0.05, 0.1) is 12.7 Å². The van der Waals surface area contributed by atoms with E-state index in [9.17, 15) is 0 Å². The van der Waals surface area contributed by atoms with Crippen molar-refractivity contribution in [3.8, 4) is 0 Å². The highest BCUT2D eigenvalue weighted by molar-refractivity contribution is 5.26. The molecule has 0 radical (unpaired) electrons. The number of nitrogens with one attached hydrogen (secondary N) is 1. The quantitative estimate of drug-likeness (QED) is 0.797. The molecule has 1 N–H and O–H groups in total. The second-order valence-corrected chi connectivity index (χ2v) is 5.79. The summed E-state index contributed by atoms with van der Waals surface area (Å²) >= 11 is 0. The lowest BCUT2D eigenvalue weighted by molar-refractivity contribution is 0.0776. The monoisotopic (exact) mass is 291 g/mol. The van der Waals surface area contributed by atoms with E-state index in [0.29, 0.717) is 18.1 Å². The van der Waals surface area contributed by atoms with Crippen LogP contribution in [0.25, 0.3) is 0 Å². The van der Waals surface area contributed by atoms with Crippen LogP contribution < -0.4 is 5.32 Å². The zero-order valence-corrected chi connectivity index (χ0v) is 13.6. The molecule has 1 aromatic carbocycles. The first-order valence-electron chi connectivity index (χ1n) is 8.22. The average Bonchev–Trinajstić information content (AvgIpc) is 2.99. The van der Waals surface area contributed by atoms with Gasteiger partial charge in [0.1, 0.15) is 0 Å². The first kappa shape index (κ1) is 16.5. The Morgan fingerprint density at radius 3 is 2.67 bits per heavy atom. The lowest BCUT2D eigenvalue weighted by Crippen LogP contribution is -2.32. The van der Waals surface area contributed by atoms with E-state index in [1.165, 1.54) is 11.1 Å². The average molecular weight is 291 g/mol. The predicted octanol–water partition coefficient (Wildman–Crippen LogP) is 3.34.